The minimum atomic E-state index is -0.255. The highest BCUT2D eigenvalue weighted by Crippen LogP contribution is 2.35. The molecule has 1 N–H and O–H groups in total. The van der Waals surface area contributed by atoms with E-state index in [0.717, 1.165) is 43.5 Å². The molecule has 1 spiro atoms. The lowest BCUT2D eigenvalue weighted by molar-refractivity contribution is -0.0398. The van der Waals surface area contributed by atoms with Gasteiger partial charge in [-0.1, -0.05) is 26.0 Å². The first kappa shape index (κ1) is 12.7. The summed E-state index contributed by atoms with van der Waals surface area (Å²) in [6, 6.07) is 6.28. The highest BCUT2D eigenvalue weighted by Gasteiger charge is 2.41. The summed E-state index contributed by atoms with van der Waals surface area (Å²) in [5, 5.41) is 3.33. The number of piperidine rings is 1. The van der Waals surface area contributed by atoms with Crippen LogP contribution in [0.4, 0.5) is 0 Å². The van der Waals surface area contributed by atoms with Crippen LogP contribution >= 0.6 is 0 Å². The zero-order valence-corrected chi connectivity index (χ0v) is 11.7. The van der Waals surface area contributed by atoms with Crippen molar-refractivity contribution < 1.29 is 9.53 Å². The topological polar surface area (TPSA) is 38.3 Å². The van der Waals surface area contributed by atoms with Gasteiger partial charge in [0.15, 0.2) is 0 Å². The van der Waals surface area contributed by atoms with Gasteiger partial charge >= 0.3 is 5.97 Å². The summed E-state index contributed by atoms with van der Waals surface area (Å²) in [5.41, 5.74) is 2.88. The maximum absolute atomic E-state index is 12.3. The Balaban J connectivity index is 1.94. The van der Waals surface area contributed by atoms with E-state index in [9.17, 15) is 4.79 Å². The average Bonchev–Trinajstić information content (AvgIpc) is 2.39. The van der Waals surface area contributed by atoms with Crippen molar-refractivity contribution in [2.24, 2.45) is 0 Å². The molecule has 0 radical (unpaired) electrons. The molecule has 2 heterocycles. The fourth-order valence-electron chi connectivity index (χ4n) is 3.09. The minimum absolute atomic E-state index is 0.134. The van der Waals surface area contributed by atoms with E-state index in [4.69, 9.17) is 4.74 Å². The van der Waals surface area contributed by atoms with Gasteiger partial charge in [-0.2, -0.15) is 0 Å². The second-order valence-electron chi connectivity index (χ2n) is 6.07. The molecule has 1 aromatic carbocycles. The fraction of sp³-hybridized carbons (Fsp3) is 0.562. The molecule has 1 saturated heterocycles. The van der Waals surface area contributed by atoms with Gasteiger partial charge in [0, 0.05) is 19.3 Å². The van der Waals surface area contributed by atoms with Crippen molar-refractivity contribution in [2.75, 3.05) is 13.1 Å². The van der Waals surface area contributed by atoms with Crippen LogP contribution in [0.15, 0.2) is 18.2 Å². The van der Waals surface area contributed by atoms with Gasteiger partial charge in [-0.25, -0.2) is 4.79 Å². The minimum Gasteiger partial charge on any atom is -0.455 e. The molecule has 0 saturated carbocycles. The SMILES string of the molecule is CC(C)c1ccc2c(c1)C(=O)OC1(CCNCC1)C2. The molecule has 102 valence electrons. The maximum Gasteiger partial charge on any atom is 0.338 e. The third-order valence-corrected chi connectivity index (χ3v) is 4.36. The largest absolute Gasteiger partial charge is 0.455 e. The summed E-state index contributed by atoms with van der Waals surface area (Å²) >= 11 is 0. The van der Waals surface area contributed by atoms with Crippen LogP contribution < -0.4 is 5.32 Å². The van der Waals surface area contributed by atoms with Crippen LogP contribution in [0.2, 0.25) is 0 Å². The lowest BCUT2D eigenvalue weighted by atomic mass is 9.81. The van der Waals surface area contributed by atoms with Gasteiger partial charge in [-0.05, 0) is 36.2 Å². The smallest absolute Gasteiger partial charge is 0.338 e. The van der Waals surface area contributed by atoms with E-state index in [0.29, 0.717) is 5.92 Å². The Kier molecular flexibility index (Phi) is 3.09. The summed E-state index contributed by atoms with van der Waals surface area (Å²) in [4.78, 5) is 12.3. The van der Waals surface area contributed by atoms with Gasteiger partial charge in [0.25, 0.3) is 0 Å². The normalized spacial score (nSPS) is 21.3. The first-order valence-electron chi connectivity index (χ1n) is 7.17. The van der Waals surface area contributed by atoms with Crippen LogP contribution in [-0.4, -0.2) is 24.7 Å². The van der Waals surface area contributed by atoms with Gasteiger partial charge in [-0.3, -0.25) is 0 Å². The Labute approximate surface area is 114 Å². The molecule has 19 heavy (non-hydrogen) atoms. The molecular weight excluding hydrogens is 238 g/mol. The van der Waals surface area contributed by atoms with E-state index in [1.807, 2.05) is 6.07 Å². The third kappa shape index (κ3) is 2.27. The van der Waals surface area contributed by atoms with E-state index < -0.39 is 0 Å². The van der Waals surface area contributed by atoms with Crippen LogP contribution in [0.5, 0.6) is 0 Å². The number of nitrogens with one attached hydrogen (secondary N) is 1. The van der Waals surface area contributed by atoms with Crippen LogP contribution in [-0.2, 0) is 11.2 Å². The number of fused-ring (bicyclic) bond motifs is 1. The molecule has 1 aromatic rings. The molecule has 1 fully saturated rings. The summed E-state index contributed by atoms with van der Waals surface area (Å²) in [6.45, 7) is 6.16. The molecule has 3 nitrogen and oxygen atoms in total. The number of carbonyl (C=O) groups is 1. The van der Waals surface area contributed by atoms with E-state index in [-0.39, 0.29) is 11.6 Å². The molecule has 2 aliphatic heterocycles. The molecule has 3 rings (SSSR count). The average molecular weight is 259 g/mol. The van der Waals surface area contributed by atoms with E-state index in [1.165, 1.54) is 5.56 Å². The first-order valence-corrected chi connectivity index (χ1v) is 7.17. The lowest BCUT2D eigenvalue weighted by Crippen LogP contribution is -2.49. The van der Waals surface area contributed by atoms with E-state index >= 15 is 0 Å². The molecule has 0 unspecified atom stereocenters. The van der Waals surface area contributed by atoms with Crippen LogP contribution in [0, 0.1) is 0 Å². The van der Waals surface area contributed by atoms with Gasteiger partial charge in [0.1, 0.15) is 5.60 Å². The predicted octanol–water partition coefficient (Wildman–Crippen LogP) is 2.65. The fourth-order valence-corrected chi connectivity index (χ4v) is 3.09. The van der Waals surface area contributed by atoms with Crippen LogP contribution in [0.3, 0.4) is 0 Å². The van der Waals surface area contributed by atoms with Crippen molar-refractivity contribution in [1.82, 2.24) is 5.32 Å². The quantitative estimate of drug-likeness (QED) is 0.788. The van der Waals surface area contributed by atoms with Crippen molar-refractivity contribution in [2.45, 2.75) is 44.6 Å². The van der Waals surface area contributed by atoms with Crippen molar-refractivity contribution in [1.29, 1.82) is 0 Å². The lowest BCUT2D eigenvalue weighted by Gasteiger charge is -2.40. The number of hydrogen-bond acceptors (Lipinski definition) is 3. The molecule has 2 aliphatic rings. The summed E-state index contributed by atoms with van der Waals surface area (Å²) in [6.07, 6.45) is 2.71. The number of carbonyl (C=O) groups excluding carboxylic acids is 1. The molecule has 3 heteroatoms. The van der Waals surface area contributed by atoms with Gasteiger partial charge in [0.2, 0.25) is 0 Å². The summed E-state index contributed by atoms with van der Waals surface area (Å²) < 4.78 is 5.80. The zero-order chi connectivity index (χ0) is 13.5. The number of benzene rings is 1. The molecule has 0 bridgehead atoms. The Morgan fingerprint density at radius 2 is 2.00 bits per heavy atom. The Morgan fingerprint density at radius 3 is 2.68 bits per heavy atom. The highest BCUT2D eigenvalue weighted by atomic mass is 16.6. The van der Waals surface area contributed by atoms with Crippen molar-refractivity contribution in [3.05, 3.63) is 34.9 Å². The third-order valence-electron chi connectivity index (χ3n) is 4.36. The molecule has 0 aromatic heterocycles. The van der Waals surface area contributed by atoms with Gasteiger partial charge < -0.3 is 10.1 Å². The molecular formula is C16H21NO2. The monoisotopic (exact) mass is 259 g/mol. The van der Waals surface area contributed by atoms with E-state index in [1.54, 1.807) is 0 Å². The first-order chi connectivity index (χ1) is 9.10. The molecule has 0 aliphatic carbocycles. The number of hydrogen-bond donors (Lipinski definition) is 1. The Morgan fingerprint density at radius 1 is 1.26 bits per heavy atom. The van der Waals surface area contributed by atoms with Crippen molar-refractivity contribution in [3.8, 4) is 0 Å². The van der Waals surface area contributed by atoms with Crippen molar-refractivity contribution >= 4 is 5.97 Å². The van der Waals surface area contributed by atoms with Gasteiger partial charge in [0.05, 0.1) is 5.56 Å². The highest BCUT2D eigenvalue weighted by molar-refractivity contribution is 5.92. The second-order valence-corrected chi connectivity index (χ2v) is 6.07. The molecule has 0 amide bonds. The maximum atomic E-state index is 12.3. The standard InChI is InChI=1S/C16H21NO2/c1-11(2)12-3-4-13-10-16(5-7-17-8-6-16)19-15(18)14(13)9-12/h3-4,9,11,17H,5-8,10H2,1-2H3. The summed E-state index contributed by atoms with van der Waals surface area (Å²) in [7, 11) is 0. The number of esters is 1. The van der Waals surface area contributed by atoms with Crippen molar-refractivity contribution in [3.63, 3.8) is 0 Å². The van der Waals surface area contributed by atoms with Crippen LogP contribution in [0.25, 0.3) is 0 Å². The van der Waals surface area contributed by atoms with Gasteiger partial charge in [-0.15, -0.1) is 0 Å². The van der Waals surface area contributed by atoms with Crippen LogP contribution in [0.1, 0.15) is 54.1 Å². The Hall–Kier alpha value is -1.35. The second kappa shape index (κ2) is 4.64. The van der Waals surface area contributed by atoms with E-state index in [2.05, 4.69) is 31.3 Å². The number of ether oxygens (including phenoxy) is 1. The Bertz CT molecular complexity index is 501. The molecule has 0 atom stereocenters. The predicted molar refractivity (Wildman–Crippen MR) is 74.5 cm³/mol. The zero-order valence-electron chi connectivity index (χ0n) is 11.7. The summed E-state index contributed by atoms with van der Waals surface area (Å²) in [5.74, 6) is 0.304. The number of rotatable bonds is 1.